The summed E-state index contributed by atoms with van der Waals surface area (Å²) in [7, 11) is 0. The van der Waals surface area contributed by atoms with E-state index in [1.165, 1.54) is 11.3 Å². The SMILES string of the molecule is C=CCC[C@H](c1csc([N+](=O)[O-])c1)N1CCNCC1.Cl.Cl. The van der Waals surface area contributed by atoms with Crippen LogP contribution in [0.1, 0.15) is 24.4 Å². The van der Waals surface area contributed by atoms with Crippen LogP contribution in [0.5, 0.6) is 0 Å². The van der Waals surface area contributed by atoms with Crippen LogP contribution in [0.2, 0.25) is 0 Å². The molecule has 0 saturated carbocycles. The topological polar surface area (TPSA) is 58.4 Å². The van der Waals surface area contributed by atoms with Crippen molar-refractivity contribution in [3.05, 3.63) is 39.8 Å². The third-order valence-corrected chi connectivity index (χ3v) is 4.31. The summed E-state index contributed by atoms with van der Waals surface area (Å²) in [5.41, 5.74) is 1.07. The Labute approximate surface area is 141 Å². The molecule has 0 amide bonds. The summed E-state index contributed by atoms with van der Waals surface area (Å²) in [6.07, 6.45) is 3.81. The van der Waals surface area contributed by atoms with E-state index in [0.29, 0.717) is 0 Å². The molecule has 0 unspecified atom stereocenters. The van der Waals surface area contributed by atoms with E-state index in [1.54, 1.807) is 6.07 Å². The predicted octanol–water partition coefficient (Wildman–Crippen LogP) is 3.41. The summed E-state index contributed by atoms with van der Waals surface area (Å²) in [5, 5.41) is 16.3. The average Bonchev–Trinajstić information content (AvgIpc) is 2.90. The smallest absolute Gasteiger partial charge is 0.314 e. The minimum absolute atomic E-state index is 0. The van der Waals surface area contributed by atoms with Crippen LogP contribution in [0.15, 0.2) is 24.1 Å². The first-order valence-electron chi connectivity index (χ1n) is 6.51. The second-order valence-electron chi connectivity index (χ2n) is 4.64. The third kappa shape index (κ3) is 5.56. The van der Waals surface area contributed by atoms with Gasteiger partial charge in [-0.1, -0.05) is 17.4 Å². The lowest BCUT2D eigenvalue weighted by molar-refractivity contribution is -0.380. The van der Waals surface area contributed by atoms with Crippen LogP contribution < -0.4 is 5.32 Å². The molecule has 120 valence electrons. The van der Waals surface area contributed by atoms with Gasteiger partial charge in [0.1, 0.15) is 0 Å². The van der Waals surface area contributed by atoms with Gasteiger partial charge in [0.25, 0.3) is 0 Å². The summed E-state index contributed by atoms with van der Waals surface area (Å²) in [6.45, 7) is 7.72. The lowest BCUT2D eigenvalue weighted by Gasteiger charge is -2.34. The van der Waals surface area contributed by atoms with Crippen molar-refractivity contribution in [2.75, 3.05) is 26.2 Å². The standard InChI is InChI=1S/C13H19N3O2S.2ClH/c1-2-3-4-12(15-7-5-14-6-8-15)11-9-13(16(17)18)19-10-11;;/h2,9-10,12,14H,1,3-8H2;2*1H/t12-;;/m1../s1. The van der Waals surface area contributed by atoms with Crippen molar-refractivity contribution in [2.24, 2.45) is 0 Å². The highest BCUT2D eigenvalue weighted by molar-refractivity contribution is 7.13. The number of rotatable bonds is 6. The van der Waals surface area contributed by atoms with Gasteiger partial charge in [0.2, 0.25) is 0 Å². The molecule has 0 bridgehead atoms. The number of thiophene rings is 1. The Morgan fingerprint density at radius 2 is 2.14 bits per heavy atom. The predicted molar refractivity (Wildman–Crippen MR) is 92.1 cm³/mol. The number of nitro groups is 1. The zero-order valence-electron chi connectivity index (χ0n) is 11.7. The lowest BCUT2D eigenvalue weighted by atomic mass is 10.0. The molecule has 1 atom stereocenters. The normalized spacial score (nSPS) is 16.4. The largest absolute Gasteiger partial charge is 0.324 e. The fraction of sp³-hybridized carbons (Fsp3) is 0.538. The van der Waals surface area contributed by atoms with Gasteiger partial charge in [-0.15, -0.1) is 31.4 Å². The van der Waals surface area contributed by atoms with E-state index < -0.39 is 0 Å². The van der Waals surface area contributed by atoms with Crippen molar-refractivity contribution < 1.29 is 4.92 Å². The van der Waals surface area contributed by atoms with E-state index in [-0.39, 0.29) is 40.8 Å². The summed E-state index contributed by atoms with van der Waals surface area (Å²) in [6, 6.07) is 1.99. The van der Waals surface area contributed by atoms with Gasteiger partial charge in [0.05, 0.1) is 4.92 Å². The minimum Gasteiger partial charge on any atom is -0.314 e. The molecule has 1 aromatic rings. The molecular weight excluding hydrogens is 333 g/mol. The Bertz CT molecular complexity index is 450. The highest BCUT2D eigenvalue weighted by atomic mass is 35.5. The molecule has 0 spiro atoms. The average molecular weight is 354 g/mol. The quantitative estimate of drug-likeness (QED) is 0.483. The maximum atomic E-state index is 10.8. The summed E-state index contributed by atoms with van der Waals surface area (Å²) >= 11 is 1.22. The van der Waals surface area contributed by atoms with Gasteiger partial charge in [-0.25, -0.2) is 0 Å². The Morgan fingerprint density at radius 1 is 1.48 bits per heavy atom. The highest BCUT2D eigenvalue weighted by Crippen LogP contribution is 2.33. The second kappa shape index (κ2) is 10.1. The van der Waals surface area contributed by atoms with Gasteiger partial charge < -0.3 is 5.32 Å². The Balaban J connectivity index is 0.00000200. The van der Waals surface area contributed by atoms with Crippen LogP contribution in [0, 0.1) is 10.1 Å². The summed E-state index contributed by atoms with van der Waals surface area (Å²) in [5.74, 6) is 0. The van der Waals surface area contributed by atoms with Crippen molar-refractivity contribution in [1.29, 1.82) is 0 Å². The maximum absolute atomic E-state index is 10.8. The number of piperazine rings is 1. The number of halogens is 2. The molecular formula is C13H21Cl2N3O2S. The van der Waals surface area contributed by atoms with Gasteiger partial charge in [0, 0.05) is 43.7 Å². The van der Waals surface area contributed by atoms with Crippen molar-refractivity contribution in [1.82, 2.24) is 10.2 Å². The fourth-order valence-electron chi connectivity index (χ4n) is 2.44. The Morgan fingerprint density at radius 3 is 2.67 bits per heavy atom. The minimum atomic E-state index is -0.309. The van der Waals surface area contributed by atoms with Gasteiger partial charge in [-0.2, -0.15) is 0 Å². The molecule has 1 aromatic heterocycles. The van der Waals surface area contributed by atoms with Gasteiger partial charge >= 0.3 is 5.00 Å². The summed E-state index contributed by atoms with van der Waals surface area (Å²) < 4.78 is 0. The van der Waals surface area contributed by atoms with Crippen LogP contribution in [-0.4, -0.2) is 36.0 Å². The van der Waals surface area contributed by atoms with Crippen LogP contribution in [-0.2, 0) is 0 Å². The number of hydrogen-bond donors (Lipinski definition) is 1. The first kappa shape index (κ1) is 20.3. The number of allylic oxidation sites excluding steroid dienone is 1. The molecule has 1 fully saturated rings. The lowest BCUT2D eigenvalue weighted by Crippen LogP contribution is -2.45. The van der Waals surface area contributed by atoms with E-state index in [9.17, 15) is 10.1 Å². The molecule has 1 aliphatic heterocycles. The molecule has 1 aliphatic rings. The molecule has 1 N–H and O–H groups in total. The number of nitrogens with one attached hydrogen (secondary N) is 1. The monoisotopic (exact) mass is 353 g/mol. The van der Waals surface area contributed by atoms with Crippen molar-refractivity contribution >= 4 is 41.2 Å². The number of nitrogens with zero attached hydrogens (tertiary/aromatic N) is 2. The molecule has 21 heavy (non-hydrogen) atoms. The van der Waals surface area contributed by atoms with Crippen molar-refractivity contribution in [3.8, 4) is 0 Å². The molecule has 0 aromatic carbocycles. The van der Waals surface area contributed by atoms with E-state index in [1.807, 2.05) is 11.5 Å². The molecule has 0 radical (unpaired) electrons. The molecule has 2 rings (SSSR count). The van der Waals surface area contributed by atoms with Crippen LogP contribution >= 0.6 is 36.2 Å². The fourth-order valence-corrected chi connectivity index (χ4v) is 3.21. The Kier molecular flexibility index (Phi) is 9.81. The molecule has 1 saturated heterocycles. The van der Waals surface area contributed by atoms with E-state index in [4.69, 9.17) is 0 Å². The van der Waals surface area contributed by atoms with Crippen molar-refractivity contribution in [3.63, 3.8) is 0 Å². The first-order chi connectivity index (χ1) is 9.22. The maximum Gasteiger partial charge on any atom is 0.324 e. The zero-order chi connectivity index (χ0) is 13.7. The van der Waals surface area contributed by atoms with Crippen LogP contribution in [0.3, 0.4) is 0 Å². The van der Waals surface area contributed by atoms with E-state index in [2.05, 4.69) is 16.8 Å². The van der Waals surface area contributed by atoms with Gasteiger partial charge in [-0.05, 0) is 18.4 Å². The molecule has 8 heteroatoms. The van der Waals surface area contributed by atoms with Crippen LogP contribution in [0.25, 0.3) is 0 Å². The number of hydrogen-bond acceptors (Lipinski definition) is 5. The van der Waals surface area contributed by atoms with Gasteiger partial charge in [-0.3, -0.25) is 15.0 Å². The van der Waals surface area contributed by atoms with Crippen molar-refractivity contribution in [2.45, 2.75) is 18.9 Å². The van der Waals surface area contributed by atoms with Gasteiger partial charge in [0.15, 0.2) is 0 Å². The highest BCUT2D eigenvalue weighted by Gasteiger charge is 2.24. The Hall–Kier alpha value is -0.660. The van der Waals surface area contributed by atoms with E-state index in [0.717, 1.165) is 44.6 Å². The van der Waals surface area contributed by atoms with E-state index >= 15 is 0 Å². The third-order valence-electron chi connectivity index (χ3n) is 3.41. The zero-order valence-corrected chi connectivity index (χ0v) is 14.1. The molecule has 2 heterocycles. The first-order valence-corrected chi connectivity index (χ1v) is 7.39. The molecule has 5 nitrogen and oxygen atoms in total. The summed E-state index contributed by atoms with van der Waals surface area (Å²) in [4.78, 5) is 12.9. The molecule has 0 aliphatic carbocycles. The second-order valence-corrected chi connectivity index (χ2v) is 5.53. The van der Waals surface area contributed by atoms with Crippen LogP contribution in [0.4, 0.5) is 5.00 Å².